The van der Waals surface area contributed by atoms with E-state index in [2.05, 4.69) is 24.0 Å². The number of nitrogens with one attached hydrogen (secondary N) is 1. The normalized spacial score (nSPS) is 19.4. The minimum atomic E-state index is -0.316. The number of carbonyl (C=O) groups excluding carboxylic acids is 2. The lowest BCUT2D eigenvalue weighted by Gasteiger charge is -2.38. The first kappa shape index (κ1) is 18.9. The van der Waals surface area contributed by atoms with Crippen LogP contribution in [0.2, 0.25) is 0 Å². The number of hydrogen-bond donors (Lipinski definition) is 2. The molecule has 1 heterocycles. The van der Waals surface area contributed by atoms with Gasteiger partial charge in [0.2, 0.25) is 5.91 Å². The van der Waals surface area contributed by atoms with Crippen LogP contribution in [0.1, 0.15) is 28.3 Å². The van der Waals surface area contributed by atoms with Crippen molar-refractivity contribution in [1.29, 1.82) is 0 Å². The molecule has 0 spiro atoms. The summed E-state index contributed by atoms with van der Waals surface area (Å²) >= 11 is 0. The van der Waals surface area contributed by atoms with Crippen LogP contribution >= 0.6 is 0 Å². The summed E-state index contributed by atoms with van der Waals surface area (Å²) in [5.74, 6) is -0.148. The van der Waals surface area contributed by atoms with Crippen LogP contribution in [0.15, 0.2) is 67.3 Å². The van der Waals surface area contributed by atoms with Crippen molar-refractivity contribution in [2.24, 2.45) is 5.92 Å². The smallest absolute Gasteiger partial charge is 0.253 e. The van der Waals surface area contributed by atoms with E-state index in [1.54, 1.807) is 29.2 Å². The second-order valence-electron chi connectivity index (χ2n) is 6.77. The second kappa shape index (κ2) is 8.64. The van der Waals surface area contributed by atoms with E-state index in [0.717, 1.165) is 6.42 Å². The Kier molecular flexibility index (Phi) is 6.04. The third kappa shape index (κ3) is 4.44. The summed E-state index contributed by atoms with van der Waals surface area (Å²) in [6, 6.07) is 17.0. The van der Waals surface area contributed by atoms with Crippen LogP contribution in [0.5, 0.6) is 0 Å². The number of piperidine rings is 1. The number of aliphatic hydroxyl groups excluding tert-OH is 1. The molecular formula is C22H24N2O3. The van der Waals surface area contributed by atoms with Gasteiger partial charge in [-0.2, -0.15) is 0 Å². The van der Waals surface area contributed by atoms with Gasteiger partial charge in [0.1, 0.15) is 0 Å². The average Bonchev–Trinajstić information content (AvgIpc) is 2.73. The molecule has 1 aliphatic heterocycles. The van der Waals surface area contributed by atoms with Crippen molar-refractivity contribution >= 4 is 17.5 Å². The minimum Gasteiger partial charge on any atom is -0.396 e. The largest absolute Gasteiger partial charge is 0.396 e. The second-order valence-corrected chi connectivity index (χ2v) is 6.77. The number of hydrogen-bond acceptors (Lipinski definition) is 3. The van der Waals surface area contributed by atoms with Gasteiger partial charge in [0, 0.05) is 36.9 Å². The maximum atomic E-state index is 12.9. The molecule has 140 valence electrons. The van der Waals surface area contributed by atoms with E-state index in [4.69, 9.17) is 0 Å². The Bertz CT molecular complexity index is 819. The Labute approximate surface area is 159 Å². The number of likely N-dealkylation sites (tertiary alicyclic amines) is 1. The van der Waals surface area contributed by atoms with Crippen molar-refractivity contribution in [1.82, 2.24) is 4.90 Å². The van der Waals surface area contributed by atoms with Crippen LogP contribution in [0.25, 0.3) is 0 Å². The molecule has 5 heteroatoms. The number of rotatable bonds is 5. The van der Waals surface area contributed by atoms with Gasteiger partial charge in [-0.25, -0.2) is 0 Å². The molecule has 0 unspecified atom stereocenters. The number of anilines is 1. The van der Waals surface area contributed by atoms with E-state index in [1.807, 2.05) is 18.2 Å². The highest BCUT2D eigenvalue weighted by atomic mass is 16.3. The first-order valence-corrected chi connectivity index (χ1v) is 9.11. The maximum absolute atomic E-state index is 12.9. The fourth-order valence-corrected chi connectivity index (χ4v) is 3.65. The summed E-state index contributed by atoms with van der Waals surface area (Å²) < 4.78 is 0. The van der Waals surface area contributed by atoms with E-state index in [9.17, 15) is 14.7 Å². The number of amides is 2. The maximum Gasteiger partial charge on any atom is 0.253 e. The van der Waals surface area contributed by atoms with Gasteiger partial charge in [-0.15, -0.1) is 0 Å². The van der Waals surface area contributed by atoms with Gasteiger partial charge in [0.15, 0.2) is 0 Å². The number of carbonyl (C=O) groups is 2. The summed E-state index contributed by atoms with van der Waals surface area (Å²) in [7, 11) is 0. The standard InChI is InChI=1S/C22H24N2O3/c1-2-21(26)23-19-10-6-9-17(13-19)22(27)24-12-11-20(18(14-24)15-25)16-7-4-3-5-8-16/h2-10,13,18,20,25H,1,11-12,14-15H2,(H,23,26)/t18-,20+/m0/s1. The molecule has 0 aliphatic carbocycles. The molecule has 2 N–H and O–H groups in total. The fourth-order valence-electron chi connectivity index (χ4n) is 3.65. The Balaban J connectivity index is 1.72. The van der Waals surface area contributed by atoms with Crippen molar-refractivity contribution in [3.05, 3.63) is 78.4 Å². The molecule has 2 aromatic carbocycles. The quantitative estimate of drug-likeness (QED) is 0.801. The van der Waals surface area contributed by atoms with E-state index in [1.165, 1.54) is 11.6 Å². The lowest BCUT2D eigenvalue weighted by Crippen LogP contribution is -2.44. The van der Waals surface area contributed by atoms with Crippen molar-refractivity contribution in [3.63, 3.8) is 0 Å². The van der Waals surface area contributed by atoms with Crippen molar-refractivity contribution in [2.75, 3.05) is 25.0 Å². The van der Waals surface area contributed by atoms with Gasteiger partial charge in [0.05, 0.1) is 0 Å². The molecule has 0 radical (unpaired) electrons. The molecule has 2 amide bonds. The molecule has 5 nitrogen and oxygen atoms in total. The summed E-state index contributed by atoms with van der Waals surface area (Å²) in [4.78, 5) is 26.2. The SMILES string of the molecule is C=CC(=O)Nc1cccc(C(=O)N2CC[C@H](c3ccccc3)[C@H](CO)C2)c1. The Hall–Kier alpha value is -2.92. The van der Waals surface area contributed by atoms with Gasteiger partial charge in [0.25, 0.3) is 5.91 Å². The molecule has 3 rings (SSSR count). The monoisotopic (exact) mass is 364 g/mol. The fraction of sp³-hybridized carbons (Fsp3) is 0.273. The zero-order chi connectivity index (χ0) is 19.2. The van der Waals surface area contributed by atoms with E-state index in [-0.39, 0.29) is 30.3 Å². The zero-order valence-electron chi connectivity index (χ0n) is 15.2. The molecule has 0 bridgehead atoms. The highest BCUT2D eigenvalue weighted by molar-refractivity contribution is 6.00. The third-order valence-electron chi connectivity index (χ3n) is 5.05. The van der Waals surface area contributed by atoms with Crippen LogP contribution < -0.4 is 5.32 Å². The van der Waals surface area contributed by atoms with Crippen LogP contribution in [-0.2, 0) is 4.79 Å². The van der Waals surface area contributed by atoms with Crippen LogP contribution in [0, 0.1) is 5.92 Å². The summed E-state index contributed by atoms with van der Waals surface area (Å²) in [5, 5.41) is 12.5. The molecule has 0 aromatic heterocycles. The molecule has 0 saturated carbocycles. The van der Waals surface area contributed by atoms with Crippen LogP contribution in [0.4, 0.5) is 5.69 Å². The highest BCUT2D eigenvalue weighted by Crippen LogP contribution is 2.33. The van der Waals surface area contributed by atoms with Gasteiger partial charge >= 0.3 is 0 Å². The van der Waals surface area contributed by atoms with Gasteiger partial charge in [-0.05, 0) is 42.2 Å². The first-order chi connectivity index (χ1) is 13.1. The summed E-state index contributed by atoms with van der Waals surface area (Å²) in [6.07, 6.45) is 2.00. The predicted octanol–water partition coefficient (Wildman–Crippen LogP) is 3.05. The van der Waals surface area contributed by atoms with Crippen molar-refractivity contribution in [2.45, 2.75) is 12.3 Å². The lowest BCUT2D eigenvalue weighted by atomic mass is 9.81. The van der Waals surface area contributed by atoms with E-state index in [0.29, 0.717) is 24.3 Å². The van der Waals surface area contributed by atoms with E-state index < -0.39 is 0 Å². The summed E-state index contributed by atoms with van der Waals surface area (Å²) in [6.45, 7) is 4.62. The molecule has 1 saturated heterocycles. The average molecular weight is 364 g/mol. The van der Waals surface area contributed by atoms with E-state index >= 15 is 0 Å². The number of aliphatic hydroxyl groups is 1. The minimum absolute atomic E-state index is 0.00810. The first-order valence-electron chi connectivity index (χ1n) is 9.11. The Morgan fingerprint density at radius 2 is 1.96 bits per heavy atom. The highest BCUT2D eigenvalue weighted by Gasteiger charge is 2.32. The number of nitrogens with zero attached hydrogens (tertiary/aromatic N) is 1. The molecular weight excluding hydrogens is 340 g/mol. The summed E-state index contributed by atoms with van der Waals surface area (Å²) in [5.41, 5.74) is 2.29. The van der Waals surface area contributed by atoms with Crippen LogP contribution in [-0.4, -0.2) is 41.5 Å². The zero-order valence-corrected chi connectivity index (χ0v) is 15.2. The van der Waals surface area contributed by atoms with Crippen molar-refractivity contribution in [3.8, 4) is 0 Å². The topological polar surface area (TPSA) is 69.6 Å². The Morgan fingerprint density at radius 3 is 2.67 bits per heavy atom. The predicted molar refractivity (Wildman–Crippen MR) is 106 cm³/mol. The van der Waals surface area contributed by atoms with Gasteiger partial charge < -0.3 is 15.3 Å². The van der Waals surface area contributed by atoms with Gasteiger partial charge in [-0.1, -0.05) is 43.0 Å². The lowest BCUT2D eigenvalue weighted by molar-refractivity contribution is -0.111. The number of benzene rings is 2. The molecule has 2 atom stereocenters. The Morgan fingerprint density at radius 1 is 1.19 bits per heavy atom. The molecule has 1 aliphatic rings. The third-order valence-corrected chi connectivity index (χ3v) is 5.05. The molecule has 1 fully saturated rings. The van der Waals surface area contributed by atoms with Gasteiger partial charge in [-0.3, -0.25) is 9.59 Å². The molecule has 2 aromatic rings. The van der Waals surface area contributed by atoms with Crippen LogP contribution in [0.3, 0.4) is 0 Å². The molecule has 27 heavy (non-hydrogen) atoms. The van der Waals surface area contributed by atoms with Crippen molar-refractivity contribution < 1.29 is 14.7 Å².